The van der Waals surface area contributed by atoms with Crippen molar-refractivity contribution in [3.05, 3.63) is 53.3 Å². The zero-order valence-corrected chi connectivity index (χ0v) is 18.2. The summed E-state index contributed by atoms with van der Waals surface area (Å²) < 4.78 is 16.7. The number of carbonyl (C=O) groups excluding carboxylic acids is 3. The van der Waals surface area contributed by atoms with Crippen LogP contribution in [-0.4, -0.2) is 47.5 Å². The Kier molecular flexibility index (Phi) is 6.39. The molecule has 2 aliphatic rings. The van der Waals surface area contributed by atoms with E-state index in [0.717, 1.165) is 30.6 Å². The number of aromatic nitrogens is 1. The first kappa shape index (κ1) is 21.8. The molecule has 1 aliphatic heterocycles. The van der Waals surface area contributed by atoms with Crippen LogP contribution in [0.2, 0.25) is 0 Å². The second-order valence-electron chi connectivity index (χ2n) is 7.86. The second-order valence-corrected chi connectivity index (χ2v) is 7.86. The van der Waals surface area contributed by atoms with Crippen molar-refractivity contribution in [1.29, 1.82) is 0 Å². The van der Waals surface area contributed by atoms with Crippen LogP contribution in [0.3, 0.4) is 0 Å². The van der Waals surface area contributed by atoms with Crippen molar-refractivity contribution in [2.24, 2.45) is 0 Å². The maximum Gasteiger partial charge on any atom is 0.308 e. The average Bonchev–Trinajstić information content (AvgIpc) is 3.40. The van der Waals surface area contributed by atoms with Gasteiger partial charge in [-0.2, -0.15) is 0 Å². The number of pyridine rings is 1. The summed E-state index contributed by atoms with van der Waals surface area (Å²) in [6, 6.07) is 5.91. The number of esters is 1. The van der Waals surface area contributed by atoms with E-state index >= 15 is 0 Å². The Hall–Kier alpha value is -3.42. The van der Waals surface area contributed by atoms with E-state index in [1.54, 1.807) is 25.1 Å². The monoisotopic (exact) mass is 438 g/mol. The molecule has 0 bridgehead atoms. The van der Waals surface area contributed by atoms with Crippen LogP contribution in [0.15, 0.2) is 36.7 Å². The molecule has 1 fully saturated rings. The lowest BCUT2D eigenvalue weighted by Crippen LogP contribution is -2.35. The lowest BCUT2D eigenvalue weighted by molar-refractivity contribution is -0.144. The molecule has 2 heterocycles. The molecular weight excluding hydrogens is 412 g/mol. The van der Waals surface area contributed by atoms with E-state index in [1.165, 1.54) is 25.6 Å². The van der Waals surface area contributed by atoms with Crippen LogP contribution in [0.1, 0.15) is 71.3 Å². The maximum atomic E-state index is 13.1. The van der Waals surface area contributed by atoms with Gasteiger partial charge in [0.1, 0.15) is 0 Å². The normalized spacial score (nSPS) is 16.8. The van der Waals surface area contributed by atoms with E-state index < -0.39 is 23.8 Å². The predicted octanol–water partition coefficient (Wildman–Crippen LogP) is 3.70. The Morgan fingerprint density at radius 1 is 1.12 bits per heavy atom. The van der Waals surface area contributed by atoms with Gasteiger partial charge in [0, 0.05) is 12.4 Å². The summed E-state index contributed by atoms with van der Waals surface area (Å²) in [5.41, 5.74) is 1.07. The van der Waals surface area contributed by atoms with Crippen molar-refractivity contribution in [2.75, 3.05) is 13.7 Å². The number of ether oxygens (including phenoxy) is 3. The largest absolute Gasteiger partial charge is 0.493 e. The summed E-state index contributed by atoms with van der Waals surface area (Å²) in [7, 11) is 1.54. The summed E-state index contributed by atoms with van der Waals surface area (Å²) in [5.74, 6) is -0.367. The van der Waals surface area contributed by atoms with Gasteiger partial charge in [-0.15, -0.1) is 0 Å². The number of imide groups is 1. The molecule has 1 unspecified atom stereocenters. The molecule has 2 aromatic rings. The SMILES string of the molecule is CCOC(=O)CC(c1ccc(OC2CCCC2)c(OC)c1)N1C(=O)c2ccncc2C1=O. The summed E-state index contributed by atoms with van der Waals surface area (Å²) in [6.07, 6.45) is 7.09. The van der Waals surface area contributed by atoms with Crippen molar-refractivity contribution in [3.8, 4) is 11.5 Å². The van der Waals surface area contributed by atoms with Crippen LogP contribution >= 0.6 is 0 Å². The van der Waals surface area contributed by atoms with Gasteiger partial charge in [0.15, 0.2) is 11.5 Å². The Labute approximate surface area is 186 Å². The van der Waals surface area contributed by atoms with Crippen LogP contribution in [0.4, 0.5) is 0 Å². The molecule has 32 heavy (non-hydrogen) atoms. The first-order valence-electron chi connectivity index (χ1n) is 10.9. The van der Waals surface area contributed by atoms with Gasteiger partial charge < -0.3 is 14.2 Å². The molecule has 1 aromatic heterocycles. The molecule has 0 N–H and O–H groups in total. The van der Waals surface area contributed by atoms with Gasteiger partial charge in [-0.05, 0) is 56.4 Å². The van der Waals surface area contributed by atoms with Crippen LogP contribution in [0, 0.1) is 0 Å². The van der Waals surface area contributed by atoms with Crippen LogP contribution in [0.25, 0.3) is 0 Å². The average molecular weight is 438 g/mol. The lowest BCUT2D eigenvalue weighted by atomic mass is 10.0. The van der Waals surface area contributed by atoms with Crippen LogP contribution in [-0.2, 0) is 9.53 Å². The molecule has 168 valence electrons. The van der Waals surface area contributed by atoms with Gasteiger partial charge >= 0.3 is 5.97 Å². The number of methoxy groups -OCH3 is 1. The fraction of sp³-hybridized carbons (Fsp3) is 0.417. The second kappa shape index (κ2) is 9.38. The zero-order chi connectivity index (χ0) is 22.7. The van der Waals surface area contributed by atoms with E-state index in [-0.39, 0.29) is 30.3 Å². The highest BCUT2D eigenvalue weighted by molar-refractivity contribution is 6.21. The van der Waals surface area contributed by atoms with Crippen molar-refractivity contribution in [3.63, 3.8) is 0 Å². The van der Waals surface area contributed by atoms with Gasteiger partial charge in [0.25, 0.3) is 11.8 Å². The highest BCUT2D eigenvalue weighted by Crippen LogP contribution is 2.38. The van der Waals surface area contributed by atoms with Crippen molar-refractivity contribution < 1.29 is 28.6 Å². The molecule has 4 rings (SSSR count). The van der Waals surface area contributed by atoms with Crippen molar-refractivity contribution >= 4 is 17.8 Å². The zero-order valence-electron chi connectivity index (χ0n) is 18.2. The summed E-state index contributed by atoms with van der Waals surface area (Å²) in [6.45, 7) is 1.91. The molecule has 8 heteroatoms. The first-order chi connectivity index (χ1) is 15.5. The minimum Gasteiger partial charge on any atom is -0.493 e. The summed E-state index contributed by atoms with van der Waals surface area (Å²) in [5, 5.41) is 0. The smallest absolute Gasteiger partial charge is 0.308 e. The fourth-order valence-corrected chi connectivity index (χ4v) is 4.30. The first-order valence-corrected chi connectivity index (χ1v) is 10.9. The van der Waals surface area contributed by atoms with E-state index in [2.05, 4.69) is 4.98 Å². The molecular formula is C24H26N2O6. The molecule has 1 atom stereocenters. The third-order valence-electron chi connectivity index (χ3n) is 5.86. The molecule has 0 spiro atoms. The number of nitrogens with zero attached hydrogens (tertiary/aromatic N) is 2. The van der Waals surface area contributed by atoms with E-state index in [4.69, 9.17) is 14.2 Å². The molecule has 0 saturated heterocycles. The Balaban J connectivity index is 1.68. The van der Waals surface area contributed by atoms with Crippen molar-refractivity contribution in [2.45, 2.75) is 51.2 Å². The third kappa shape index (κ3) is 4.17. The van der Waals surface area contributed by atoms with Gasteiger partial charge in [0.2, 0.25) is 0 Å². The summed E-state index contributed by atoms with van der Waals surface area (Å²) >= 11 is 0. The Morgan fingerprint density at radius 2 is 1.88 bits per heavy atom. The minimum atomic E-state index is -0.851. The number of hydrogen-bond acceptors (Lipinski definition) is 7. The van der Waals surface area contributed by atoms with Crippen molar-refractivity contribution in [1.82, 2.24) is 9.88 Å². The van der Waals surface area contributed by atoms with Crippen LogP contribution in [0.5, 0.6) is 11.5 Å². The maximum absolute atomic E-state index is 13.1. The predicted molar refractivity (Wildman–Crippen MR) is 115 cm³/mol. The number of fused-ring (bicyclic) bond motifs is 1. The van der Waals surface area contributed by atoms with Gasteiger partial charge in [-0.3, -0.25) is 24.3 Å². The molecule has 0 radical (unpaired) electrons. The Bertz CT molecular complexity index is 996. The molecule has 1 aromatic carbocycles. The van der Waals surface area contributed by atoms with Gasteiger partial charge in [-0.25, -0.2) is 0 Å². The highest BCUT2D eigenvalue weighted by atomic mass is 16.5. The van der Waals surface area contributed by atoms with Gasteiger partial charge in [0.05, 0.1) is 43.4 Å². The number of amides is 2. The standard InChI is InChI=1S/C24H26N2O6/c1-3-31-22(27)13-19(26-23(28)17-10-11-25-14-18(17)24(26)29)15-8-9-20(21(12-15)30-2)32-16-6-4-5-7-16/h8-12,14,16,19H,3-7,13H2,1-2H3. The van der Waals surface area contributed by atoms with E-state index in [0.29, 0.717) is 17.1 Å². The highest BCUT2D eigenvalue weighted by Gasteiger charge is 2.42. The fourth-order valence-electron chi connectivity index (χ4n) is 4.30. The number of carbonyl (C=O) groups is 3. The molecule has 2 amide bonds. The quantitative estimate of drug-likeness (QED) is 0.458. The number of rotatable bonds is 8. The third-order valence-corrected chi connectivity index (χ3v) is 5.86. The molecule has 1 saturated carbocycles. The number of benzene rings is 1. The van der Waals surface area contributed by atoms with Crippen LogP contribution < -0.4 is 9.47 Å². The molecule has 1 aliphatic carbocycles. The van der Waals surface area contributed by atoms with E-state index in [9.17, 15) is 14.4 Å². The topological polar surface area (TPSA) is 95.0 Å². The summed E-state index contributed by atoms with van der Waals surface area (Å²) in [4.78, 5) is 43.6. The minimum absolute atomic E-state index is 0.147. The van der Waals surface area contributed by atoms with E-state index in [1.807, 2.05) is 0 Å². The van der Waals surface area contributed by atoms with Gasteiger partial charge in [-0.1, -0.05) is 6.07 Å². The Morgan fingerprint density at radius 3 is 2.56 bits per heavy atom. The molecule has 8 nitrogen and oxygen atoms in total. The lowest BCUT2D eigenvalue weighted by Gasteiger charge is -2.27. The number of hydrogen-bond donors (Lipinski definition) is 0.